The van der Waals surface area contributed by atoms with Crippen LogP contribution in [0, 0.1) is 13.8 Å². The topological polar surface area (TPSA) is 67.4 Å². The van der Waals surface area contributed by atoms with Crippen LogP contribution in [0.2, 0.25) is 0 Å². The summed E-state index contributed by atoms with van der Waals surface area (Å²) in [6.07, 6.45) is -0.677. The summed E-state index contributed by atoms with van der Waals surface area (Å²) in [7, 11) is 0. The predicted molar refractivity (Wildman–Crippen MR) is 119 cm³/mol. The van der Waals surface area contributed by atoms with Crippen molar-refractivity contribution < 1.29 is 14.3 Å². The van der Waals surface area contributed by atoms with Crippen molar-refractivity contribution in [3.63, 3.8) is 0 Å². The van der Waals surface area contributed by atoms with Crippen LogP contribution in [-0.4, -0.2) is 17.9 Å². The molecule has 0 saturated carbocycles. The Morgan fingerprint density at radius 1 is 0.933 bits per heavy atom. The van der Waals surface area contributed by atoms with Gasteiger partial charge in [0.05, 0.1) is 0 Å². The van der Waals surface area contributed by atoms with E-state index in [-0.39, 0.29) is 11.8 Å². The predicted octanol–water partition coefficient (Wildman–Crippen LogP) is 4.64. The van der Waals surface area contributed by atoms with Gasteiger partial charge in [0.25, 0.3) is 11.8 Å². The highest BCUT2D eigenvalue weighted by atomic mass is 16.5. The molecule has 3 rings (SSSR count). The molecule has 0 unspecified atom stereocenters. The average Bonchev–Trinajstić information content (AvgIpc) is 2.75. The maximum Gasteiger partial charge on any atom is 0.265 e. The number of ether oxygens (including phenoxy) is 1. The number of hydrogen-bond acceptors (Lipinski definition) is 3. The van der Waals surface area contributed by atoms with Crippen LogP contribution >= 0.6 is 0 Å². The van der Waals surface area contributed by atoms with Crippen molar-refractivity contribution in [2.45, 2.75) is 33.4 Å². The quantitative estimate of drug-likeness (QED) is 0.605. The number of carbonyl (C=O) groups excluding carboxylic acids is 2. The number of benzene rings is 3. The molecule has 1 atom stereocenters. The minimum Gasteiger partial charge on any atom is -0.481 e. The number of hydrogen-bond donors (Lipinski definition) is 2. The smallest absolute Gasteiger partial charge is 0.265 e. The molecule has 3 aromatic rings. The van der Waals surface area contributed by atoms with Crippen molar-refractivity contribution in [3.8, 4) is 5.75 Å². The molecule has 0 aliphatic rings. The first-order valence-electron chi connectivity index (χ1n) is 9.89. The van der Waals surface area contributed by atoms with Gasteiger partial charge in [0, 0.05) is 17.8 Å². The van der Waals surface area contributed by atoms with Gasteiger partial charge in [0.15, 0.2) is 6.10 Å². The van der Waals surface area contributed by atoms with E-state index in [4.69, 9.17) is 4.74 Å². The van der Waals surface area contributed by atoms with Gasteiger partial charge in [-0.2, -0.15) is 0 Å². The molecule has 154 valence electrons. The SMILES string of the molecule is Cc1ccc(NC(=O)[C@H](C)Oc2ccc(C(=O)NCc3ccccc3)cc2)c(C)c1. The van der Waals surface area contributed by atoms with Gasteiger partial charge in [0.2, 0.25) is 0 Å². The summed E-state index contributed by atoms with van der Waals surface area (Å²) in [5.41, 5.74) is 4.48. The van der Waals surface area contributed by atoms with Crippen LogP contribution in [0.4, 0.5) is 5.69 Å². The lowest BCUT2D eigenvalue weighted by molar-refractivity contribution is -0.122. The first kappa shape index (κ1) is 21.1. The lowest BCUT2D eigenvalue weighted by atomic mass is 10.1. The third-order valence-corrected chi connectivity index (χ3v) is 4.73. The number of carbonyl (C=O) groups is 2. The number of rotatable bonds is 7. The summed E-state index contributed by atoms with van der Waals surface area (Å²) in [4.78, 5) is 24.8. The van der Waals surface area contributed by atoms with E-state index in [1.165, 1.54) is 0 Å². The second-order valence-electron chi connectivity index (χ2n) is 7.26. The summed E-state index contributed by atoms with van der Waals surface area (Å²) < 4.78 is 5.73. The van der Waals surface area contributed by atoms with Gasteiger partial charge in [-0.15, -0.1) is 0 Å². The molecule has 0 spiro atoms. The van der Waals surface area contributed by atoms with Crippen molar-refractivity contribution in [2.75, 3.05) is 5.32 Å². The fraction of sp³-hybridized carbons (Fsp3) is 0.200. The zero-order valence-corrected chi connectivity index (χ0v) is 17.4. The number of nitrogens with one attached hydrogen (secondary N) is 2. The summed E-state index contributed by atoms with van der Waals surface area (Å²) in [6.45, 7) is 6.12. The number of aryl methyl sites for hydroxylation is 2. The lowest BCUT2D eigenvalue weighted by Crippen LogP contribution is -2.30. The number of amides is 2. The second-order valence-corrected chi connectivity index (χ2v) is 7.26. The summed E-state index contributed by atoms with van der Waals surface area (Å²) >= 11 is 0. The molecule has 3 aromatic carbocycles. The number of anilines is 1. The van der Waals surface area contributed by atoms with Gasteiger partial charge in [-0.3, -0.25) is 9.59 Å². The maximum absolute atomic E-state index is 12.4. The Bertz CT molecular complexity index is 1010. The highest BCUT2D eigenvalue weighted by Gasteiger charge is 2.16. The highest BCUT2D eigenvalue weighted by Crippen LogP contribution is 2.18. The molecule has 5 heteroatoms. The fourth-order valence-corrected chi connectivity index (χ4v) is 3.01. The van der Waals surface area contributed by atoms with Crippen LogP contribution in [-0.2, 0) is 11.3 Å². The summed E-state index contributed by atoms with van der Waals surface area (Å²) in [5.74, 6) is 0.135. The van der Waals surface area contributed by atoms with E-state index in [1.807, 2.05) is 62.4 Å². The third kappa shape index (κ3) is 5.70. The van der Waals surface area contributed by atoms with Gasteiger partial charge < -0.3 is 15.4 Å². The average molecular weight is 402 g/mol. The Labute approximate surface area is 177 Å². The molecule has 5 nitrogen and oxygen atoms in total. The fourth-order valence-electron chi connectivity index (χ4n) is 3.01. The van der Waals surface area contributed by atoms with Crippen LogP contribution in [0.5, 0.6) is 5.75 Å². The molecule has 30 heavy (non-hydrogen) atoms. The first-order chi connectivity index (χ1) is 14.4. The molecule has 0 aromatic heterocycles. The van der Waals surface area contributed by atoms with Crippen LogP contribution < -0.4 is 15.4 Å². The molecule has 0 radical (unpaired) electrons. The minimum absolute atomic E-state index is 0.161. The van der Waals surface area contributed by atoms with Gasteiger partial charge in [-0.05, 0) is 62.2 Å². The van der Waals surface area contributed by atoms with E-state index in [1.54, 1.807) is 31.2 Å². The van der Waals surface area contributed by atoms with Gasteiger partial charge in [0.1, 0.15) is 5.75 Å². The molecule has 0 aliphatic heterocycles. The van der Waals surface area contributed by atoms with E-state index < -0.39 is 6.10 Å². The van der Waals surface area contributed by atoms with Crippen molar-refractivity contribution in [2.24, 2.45) is 0 Å². The van der Waals surface area contributed by atoms with Gasteiger partial charge in [-0.25, -0.2) is 0 Å². The van der Waals surface area contributed by atoms with E-state index in [9.17, 15) is 9.59 Å². The maximum atomic E-state index is 12.4. The molecule has 0 aliphatic carbocycles. The molecule has 0 fully saturated rings. The van der Waals surface area contributed by atoms with Gasteiger partial charge >= 0.3 is 0 Å². The Morgan fingerprint density at radius 2 is 1.63 bits per heavy atom. The molecule has 0 bridgehead atoms. The van der Waals surface area contributed by atoms with Crippen molar-refractivity contribution >= 4 is 17.5 Å². The highest BCUT2D eigenvalue weighted by molar-refractivity contribution is 5.95. The monoisotopic (exact) mass is 402 g/mol. The van der Waals surface area contributed by atoms with E-state index in [0.717, 1.165) is 22.4 Å². The van der Waals surface area contributed by atoms with Crippen LogP contribution in [0.25, 0.3) is 0 Å². The van der Waals surface area contributed by atoms with E-state index in [0.29, 0.717) is 17.9 Å². The van der Waals surface area contributed by atoms with Crippen LogP contribution in [0.1, 0.15) is 34.0 Å². The third-order valence-electron chi connectivity index (χ3n) is 4.73. The van der Waals surface area contributed by atoms with E-state index in [2.05, 4.69) is 10.6 Å². The molecule has 2 N–H and O–H groups in total. The Hall–Kier alpha value is -3.60. The Kier molecular flexibility index (Phi) is 6.86. The molecule has 0 saturated heterocycles. The molecule has 0 heterocycles. The summed E-state index contributed by atoms with van der Waals surface area (Å²) in [5, 5.41) is 5.78. The second kappa shape index (κ2) is 9.74. The van der Waals surface area contributed by atoms with Crippen LogP contribution in [0.15, 0.2) is 72.8 Å². The Balaban J connectivity index is 1.54. The molecular formula is C25H26N2O3. The summed E-state index contributed by atoms with van der Waals surface area (Å²) in [6, 6.07) is 22.3. The van der Waals surface area contributed by atoms with Crippen molar-refractivity contribution in [1.82, 2.24) is 5.32 Å². The Morgan fingerprint density at radius 3 is 2.30 bits per heavy atom. The van der Waals surface area contributed by atoms with Crippen molar-refractivity contribution in [1.29, 1.82) is 0 Å². The normalized spacial score (nSPS) is 11.4. The first-order valence-corrected chi connectivity index (χ1v) is 9.89. The molecule has 2 amide bonds. The van der Waals surface area contributed by atoms with Crippen LogP contribution in [0.3, 0.4) is 0 Å². The molecular weight excluding hydrogens is 376 g/mol. The standard InChI is InChI=1S/C25H26N2O3/c1-17-9-14-23(18(2)15-17)27-24(28)19(3)30-22-12-10-21(11-13-22)25(29)26-16-20-7-5-4-6-8-20/h4-15,19H,16H2,1-3H3,(H,26,29)(H,27,28)/t19-/m0/s1. The lowest BCUT2D eigenvalue weighted by Gasteiger charge is -2.16. The van der Waals surface area contributed by atoms with Crippen molar-refractivity contribution in [3.05, 3.63) is 95.1 Å². The van der Waals surface area contributed by atoms with Gasteiger partial charge in [-0.1, -0.05) is 48.0 Å². The zero-order chi connectivity index (χ0) is 21.5. The minimum atomic E-state index is -0.677. The largest absolute Gasteiger partial charge is 0.481 e. The zero-order valence-electron chi connectivity index (χ0n) is 17.4. The van der Waals surface area contributed by atoms with E-state index >= 15 is 0 Å².